The number of carbonyl (C=O) groups excluding carboxylic acids is 1. The van der Waals surface area contributed by atoms with Crippen molar-refractivity contribution in [1.82, 2.24) is 0 Å². The zero-order valence-electron chi connectivity index (χ0n) is 9.97. The third-order valence-corrected chi connectivity index (χ3v) is 2.96. The molecule has 0 N–H and O–H groups in total. The van der Waals surface area contributed by atoms with Gasteiger partial charge in [0.2, 0.25) is 0 Å². The van der Waals surface area contributed by atoms with Crippen LogP contribution in [-0.2, 0) is 9.53 Å². The van der Waals surface area contributed by atoms with Crippen LogP contribution >= 0.6 is 0 Å². The Balaban J connectivity index is 3.03. The molecule has 0 aromatic rings. The van der Waals surface area contributed by atoms with Crippen molar-refractivity contribution in [3.05, 3.63) is 11.6 Å². The number of ketones is 1. The fraction of sp³-hybridized carbons (Fsp3) is 0.750. The van der Waals surface area contributed by atoms with Crippen LogP contribution in [0.25, 0.3) is 0 Å². The van der Waals surface area contributed by atoms with Crippen LogP contribution in [0.15, 0.2) is 11.6 Å². The molecule has 0 amide bonds. The lowest BCUT2D eigenvalue weighted by Gasteiger charge is -2.44. The average molecular weight is 196 g/mol. The predicted octanol–water partition coefficient (Wildman–Crippen LogP) is 2.58. The number of carbonyl (C=O) groups is 1. The maximum atomic E-state index is 12.0. The molecule has 1 rings (SSSR count). The van der Waals surface area contributed by atoms with E-state index >= 15 is 0 Å². The van der Waals surface area contributed by atoms with Crippen LogP contribution in [0.3, 0.4) is 0 Å². The van der Waals surface area contributed by atoms with E-state index in [4.69, 9.17) is 4.74 Å². The summed E-state index contributed by atoms with van der Waals surface area (Å²) in [6, 6.07) is 0. The van der Waals surface area contributed by atoms with Gasteiger partial charge in [-0.2, -0.15) is 0 Å². The van der Waals surface area contributed by atoms with Gasteiger partial charge in [0.05, 0.1) is 0 Å². The van der Waals surface area contributed by atoms with Crippen molar-refractivity contribution in [2.75, 3.05) is 7.11 Å². The van der Waals surface area contributed by atoms with Gasteiger partial charge in [0.1, 0.15) is 0 Å². The van der Waals surface area contributed by atoms with E-state index in [0.29, 0.717) is 0 Å². The highest BCUT2D eigenvalue weighted by molar-refractivity contribution is 6.11. The molecule has 1 aliphatic rings. The number of methoxy groups -OCH3 is 1. The lowest BCUT2D eigenvalue weighted by Crippen LogP contribution is -2.54. The van der Waals surface area contributed by atoms with Gasteiger partial charge in [-0.25, -0.2) is 0 Å². The lowest BCUT2D eigenvalue weighted by atomic mass is 9.65. The first-order valence-electron chi connectivity index (χ1n) is 5.09. The summed E-state index contributed by atoms with van der Waals surface area (Å²) in [7, 11) is 1.60. The normalized spacial score (nSPS) is 27.6. The van der Waals surface area contributed by atoms with Crippen LogP contribution in [0.1, 0.15) is 34.6 Å². The summed E-state index contributed by atoms with van der Waals surface area (Å²) in [6.07, 6.45) is 1.99. The second kappa shape index (κ2) is 3.20. The minimum atomic E-state index is -0.650. The molecular weight excluding hydrogens is 176 g/mol. The summed E-state index contributed by atoms with van der Waals surface area (Å²) in [6.45, 7) is 10.2. The Labute approximate surface area is 86.3 Å². The second-order valence-corrected chi connectivity index (χ2v) is 5.29. The molecule has 2 heteroatoms. The smallest absolute Gasteiger partial charge is 0.195 e. The van der Waals surface area contributed by atoms with Crippen molar-refractivity contribution in [3.8, 4) is 0 Å². The Kier molecular flexibility index (Phi) is 2.61. The van der Waals surface area contributed by atoms with E-state index in [-0.39, 0.29) is 17.1 Å². The number of ether oxygens (including phenoxy) is 1. The van der Waals surface area contributed by atoms with E-state index in [1.54, 1.807) is 7.11 Å². The molecule has 0 fully saturated rings. The van der Waals surface area contributed by atoms with Gasteiger partial charge in [-0.3, -0.25) is 4.79 Å². The number of hydrogen-bond acceptors (Lipinski definition) is 2. The van der Waals surface area contributed by atoms with E-state index in [1.165, 1.54) is 0 Å². The Hall–Kier alpha value is -0.630. The van der Waals surface area contributed by atoms with Crippen molar-refractivity contribution in [2.45, 2.75) is 40.2 Å². The predicted molar refractivity (Wildman–Crippen MR) is 57.1 cm³/mol. The zero-order chi connectivity index (χ0) is 11.1. The zero-order valence-corrected chi connectivity index (χ0v) is 9.97. The molecule has 0 saturated carbocycles. The molecule has 1 atom stereocenters. The fourth-order valence-corrected chi connectivity index (χ4v) is 1.85. The maximum absolute atomic E-state index is 12.0. The monoisotopic (exact) mass is 196 g/mol. The molecule has 0 spiro atoms. The molecule has 0 bridgehead atoms. The van der Waals surface area contributed by atoms with Crippen LogP contribution in [0, 0.1) is 11.3 Å². The molecule has 2 nitrogen and oxygen atoms in total. The molecule has 0 aliphatic heterocycles. The van der Waals surface area contributed by atoms with E-state index in [1.807, 2.05) is 19.9 Å². The fourth-order valence-electron chi connectivity index (χ4n) is 1.85. The Bertz CT molecular complexity index is 281. The molecular formula is C12H20O2. The first-order chi connectivity index (χ1) is 6.25. The van der Waals surface area contributed by atoms with Gasteiger partial charge in [-0.1, -0.05) is 34.6 Å². The van der Waals surface area contributed by atoms with Gasteiger partial charge in [-0.15, -0.1) is 0 Å². The summed E-state index contributed by atoms with van der Waals surface area (Å²) in [5.74, 6) is 0.355. The van der Waals surface area contributed by atoms with Gasteiger partial charge in [0.25, 0.3) is 0 Å². The van der Waals surface area contributed by atoms with Gasteiger partial charge in [-0.05, 0) is 17.4 Å². The highest BCUT2D eigenvalue weighted by Gasteiger charge is 2.51. The molecule has 0 heterocycles. The van der Waals surface area contributed by atoms with E-state index in [9.17, 15) is 4.79 Å². The minimum absolute atomic E-state index is 0.0615. The standard InChI is InChI=1S/C12H20O2/c1-8(2)12(14-6)7-9(10(12)13)11(3,4)5/h7-8H,1-6H3. The van der Waals surface area contributed by atoms with Crippen LogP contribution < -0.4 is 0 Å². The molecule has 0 saturated heterocycles. The molecule has 1 aliphatic carbocycles. The third kappa shape index (κ3) is 1.42. The van der Waals surface area contributed by atoms with Crippen molar-refractivity contribution in [1.29, 1.82) is 0 Å². The maximum Gasteiger partial charge on any atom is 0.195 e. The van der Waals surface area contributed by atoms with E-state index in [2.05, 4.69) is 20.8 Å². The number of rotatable bonds is 2. The summed E-state index contributed by atoms with van der Waals surface area (Å²) < 4.78 is 5.35. The average Bonchev–Trinajstić information content (AvgIpc) is 2.00. The van der Waals surface area contributed by atoms with Crippen LogP contribution in [0.5, 0.6) is 0 Å². The van der Waals surface area contributed by atoms with Crippen molar-refractivity contribution < 1.29 is 9.53 Å². The highest BCUT2D eigenvalue weighted by atomic mass is 16.5. The van der Waals surface area contributed by atoms with Gasteiger partial charge in [0.15, 0.2) is 11.4 Å². The van der Waals surface area contributed by atoms with Crippen molar-refractivity contribution in [2.24, 2.45) is 11.3 Å². The van der Waals surface area contributed by atoms with E-state index in [0.717, 1.165) is 5.57 Å². The van der Waals surface area contributed by atoms with Crippen LogP contribution in [-0.4, -0.2) is 18.5 Å². The summed E-state index contributed by atoms with van der Waals surface area (Å²) in [5, 5.41) is 0. The third-order valence-electron chi connectivity index (χ3n) is 2.96. The number of hydrogen-bond donors (Lipinski definition) is 0. The number of Topliss-reactive ketones (excluding diaryl/α,β-unsaturated/α-hetero) is 1. The Morgan fingerprint density at radius 1 is 1.36 bits per heavy atom. The Morgan fingerprint density at radius 3 is 2.07 bits per heavy atom. The van der Waals surface area contributed by atoms with Gasteiger partial charge >= 0.3 is 0 Å². The van der Waals surface area contributed by atoms with Crippen LogP contribution in [0.2, 0.25) is 0 Å². The molecule has 0 aromatic carbocycles. The first-order valence-corrected chi connectivity index (χ1v) is 5.09. The lowest BCUT2D eigenvalue weighted by molar-refractivity contribution is -0.141. The van der Waals surface area contributed by atoms with E-state index < -0.39 is 5.60 Å². The largest absolute Gasteiger partial charge is 0.366 e. The molecule has 14 heavy (non-hydrogen) atoms. The van der Waals surface area contributed by atoms with Crippen molar-refractivity contribution >= 4 is 5.78 Å². The first kappa shape index (κ1) is 11.4. The highest BCUT2D eigenvalue weighted by Crippen LogP contribution is 2.43. The van der Waals surface area contributed by atoms with Gasteiger partial charge in [0, 0.05) is 12.7 Å². The minimum Gasteiger partial charge on any atom is -0.366 e. The summed E-state index contributed by atoms with van der Waals surface area (Å²) in [5.41, 5.74) is 0.185. The molecule has 0 aromatic heterocycles. The Morgan fingerprint density at radius 2 is 1.86 bits per heavy atom. The summed E-state index contributed by atoms with van der Waals surface area (Å²) >= 11 is 0. The molecule has 0 radical (unpaired) electrons. The van der Waals surface area contributed by atoms with Crippen molar-refractivity contribution in [3.63, 3.8) is 0 Å². The SMILES string of the molecule is COC1(C(C)C)C=C(C(C)(C)C)C1=O. The topological polar surface area (TPSA) is 26.3 Å². The molecule has 1 unspecified atom stereocenters. The summed E-state index contributed by atoms with van der Waals surface area (Å²) in [4.78, 5) is 12.0. The van der Waals surface area contributed by atoms with Gasteiger partial charge < -0.3 is 4.74 Å². The van der Waals surface area contributed by atoms with Crippen LogP contribution in [0.4, 0.5) is 0 Å². The second-order valence-electron chi connectivity index (χ2n) is 5.29. The molecule has 80 valence electrons. The quantitative estimate of drug-likeness (QED) is 0.678.